The van der Waals surface area contributed by atoms with Crippen molar-refractivity contribution in [1.29, 1.82) is 0 Å². The third-order valence-corrected chi connectivity index (χ3v) is 2.33. The van der Waals surface area contributed by atoms with Crippen LogP contribution in [0.2, 0.25) is 0 Å². The number of alkyl halides is 2. The highest BCUT2D eigenvalue weighted by Gasteiger charge is 2.21. The van der Waals surface area contributed by atoms with Crippen molar-refractivity contribution < 1.29 is 18.3 Å². The topological polar surface area (TPSA) is 30.5 Å². The van der Waals surface area contributed by atoms with E-state index >= 15 is 0 Å². The minimum absolute atomic E-state index is 0.0585. The van der Waals surface area contributed by atoms with Gasteiger partial charge in [-0.3, -0.25) is 0 Å². The Morgan fingerprint density at radius 1 is 1.31 bits per heavy atom. The van der Waals surface area contributed by atoms with Gasteiger partial charge >= 0.3 is 6.61 Å². The first-order chi connectivity index (χ1) is 7.69. The summed E-state index contributed by atoms with van der Waals surface area (Å²) in [7, 11) is 1.42. The van der Waals surface area contributed by atoms with E-state index < -0.39 is 6.61 Å². The van der Waals surface area contributed by atoms with Crippen LogP contribution in [0.1, 0.15) is 12.8 Å². The average Bonchev–Trinajstić information content (AvgIpc) is 3.01. The largest absolute Gasteiger partial charge is 0.493 e. The summed E-state index contributed by atoms with van der Waals surface area (Å²) < 4.78 is 33.6. The quantitative estimate of drug-likeness (QED) is 0.842. The molecule has 0 amide bonds. The van der Waals surface area contributed by atoms with Gasteiger partial charge in [-0.1, -0.05) is 0 Å². The molecule has 1 saturated carbocycles. The van der Waals surface area contributed by atoms with Crippen LogP contribution in [0.25, 0.3) is 0 Å². The zero-order valence-electron chi connectivity index (χ0n) is 8.87. The fourth-order valence-electron chi connectivity index (χ4n) is 1.42. The molecule has 5 heteroatoms. The highest BCUT2D eigenvalue weighted by atomic mass is 19.3. The van der Waals surface area contributed by atoms with Crippen LogP contribution in [0, 0.1) is 0 Å². The lowest BCUT2D eigenvalue weighted by molar-refractivity contribution is -0.0511. The monoisotopic (exact) mass is 229 g/mol. The minimum atomic E-state index is -2.84. The molecule has 88 valence electrons. The summed E-state index contributed by atoms with van der Waals surface area (Å²) in [4.78, 5) is 0. The van der Waals surface area contributed by atoms with E-state index in [-0.39, 0.29) is 5.75 Å². The number of halogens is 2. The fourth-order valence-corrected chi connectivity index (χ4v) is 1.42. The van der Waals surface area contributed by atoms with Crippen molar-refractivity contribution in [2.45, 2.75) is 25.5 Å². The average molecular weight is 229 g/mol. The predicted octanol–water partition coefficient (Wildman–Crippen LogP) is 2.87. The molecular formula is C11H13F2NO2. The Labute approximate surface area is 92.4 Å². The van der Waals surface area contributed by atoms with E-state index in [0.29, 0.717) is 11.8 Å². The molecule has 2 rings (SSSR count). The van der Waals surface area contributed by atoms with Crippen LogP contribution in [0.5, 0.6) is 11.5 Å². The first-order valence-corrected chi connectivity index (χ1v) is 5.08. The van der Waals surface area contributed by atoms with Crippen LogP contribution in [0.4, 0.5) is 14.5 Å². The summed E-state index contributed by atoms with van der Waals surface area (Å²) in [6, 6.07) is 5.40. The van der Waals surface area contributed by atoms with Crippen LogP contribution in [0.3, 0.4) is 0 Å². The van der Waals surface area contributed by atoms with Crippen molar-refractivity contribution in [3.05, 3.63) is 18.2 Å². The Kier molecular flexibility index (Phi) is 3.12. The lowest BCUT2D eigenvalue weighted by atomic mass is 10.2. The molecule has 1 fully saturated rings. The van der Waals surface area contributed by atoms with E-state index in [1.807, 2.05) is 0 Å². The first kappa shape index (κ1) is 11.0. The van der Waals surface area contributed by atoms with Crippen molar-refractivity contribution in [3.8, 4) is 11.5 Å². The first-order valence-electron chi connectivity index (χ1n) is 5.08. The van der Waals surface area contributed by atoms with Crippen molar-refractivity contribution in [2.24, 2.45) is 0 Å². The van der Waals surface area contributed by atoms with Crippen LogP contribution >= 0.6 is 0 Å². The molecule has 3 nitrogen and oxygen atoms in total. The van der Waals surface area contributed by atoms with Gasteiger partial charge in [0.15, 0.2) is 11.5 Å². The molecule has 0 atom stereocenters. The number of hydrogen-bond acceptors (Lipinski definition) is 3. The molecule has 0 saturated heterocycles. The molecule has 0 unspecified atom stereocenters. The molecule has 1 aliphatic carbocycles. The number of ether oxygens (including phenoxy) is 2. The van der Waals surface area contributed by atoms with Gasteiger partial charge in [-0.15, -0.1) is 0 Å². The highest BCUT2D eigenvalue weighted by molar-refractivity contribution is 5.55. The zero-order chi connectivity index (χ0) is 11.5. The highest BCUT2D eigenvalue weighted by Crippen LogP contribution is 2.33. The SMILES string of the molecule is COc1ccc(NC2CC2)cc1OC(F)F. The summed E-state index contributed by atoms with van der Waals surface area (Å²) in [5, 5.41) is 3.20. The summed E-state index contributed by atoms with van der Waals surface area (Å²) in [6.45, 7) is -2.84. The summed E-state index contributed by atoms with van der Waals surface area (Å²) in [6.07, 6.45) is 2.24. The van der Waals surface area contributed by atoms with E-state index in [1.165, 1.54) is 13.2 Å². The van der Waals surface area contributed by atoms with E-state index in [1.54, 1.807) is 12.1 Å². The van der Waals surface area contributed by atoms with Crippen molar-refractivity contribution in [2.75, 3.05) is 12.4 Å². The molecule has 1 aliphatic rings. The van der Waals surface area contributed by atoms with Gasteiger partial charge in [0.05, 0.1) is 7.11 Å². The van der Waals surface area contributed by atoms with Gasteiger partial charge in [-0.05, 0) is 25.0 Å². The Morgan fingerprint density at radius 3 is 2.62 bits per heavy atom. The molecular weight excluding hydrogens is 216 g/mol. The zero-order valence-corrected chi connectivity index (χ0v) is 8.87. The van der Waals surface area contributed by atoms with E-state index in [9.17, 15) is 8.78 Å². The van der Waals surface area contributed by atoms with E-state index in [2.05, 4.69) is 10.1 Å². The molecule has 0 bridgehead atoms. The second-order valence-corrected chi connectivity index (χ2v) is 3.66. The number of methoxy groups -OCH3 is 1. The van der Waals surface area contributed by atoms with Gasteiger partial charge in [-0.2, -0.15) is 8.78 Å². The Morgan fingerprint density at radius 2 is 2.06 bits per heavy atom. The maximum Gasteiger partial charge on any atom is 0.387 e. The molecule has 1 aromatic carbocycles. The summed E-state index contributed by atoms with van der Waals surface area (Å²) >= 11 is 0. The third kappa shape index (κ3) is 2.74. The molecule has 1 N–H and O–H groups in total. The van der Waals surface area contributed by atoms with Gasteiger partial charge in [-0.25, -0.2) is 0 Å². The number of nitrogens with one attached hydrogen (secondary N) is 1. The number of rotatable bonds is 5. The maximum atomic E-state index is 12.1. The normalized spacial score (nSPS) is 15.0. The predicted molar refractivity (Wildman–Crippen MR) is 56.3 cm³/mol. The molecule has 0 spiro atoms. The second-order valence-electron chi connectivity index (χ2n) is 3.66. The van der Waals surface area contributed by atoms with Gasteiger partial charge in [0.25, 0.3) is 0 Å². The van der Waals surface area contributed by atoms with E-state index in [0.717, 1.165) is 18.5 Å². The third-order valence-electron chi connectivity index (χ3n) is 2.33. The molecule has 16 heavy (non-hydrogen) atoms. The molecule has 0 aliphatic heterocycles. The number of anilines is 1. The smallest absolute Gasteiger partial charge is 0.387 e. The summed E-state index contributed by atoms with van der Waals surface area (Å²) in [5.74, 6) is 0.366. The van der Waals surface area contributed by atoms with Gasteiger partial charge < -0.3 is 14.8 Å². The van der Waals surface area contributed by atoms with Crippen molar-refractivity contribution >= 4 is 5.69 Å². The fraction of sp³-hybridized carbons (Fsp3) is 0.455. The lowest BCUT2D eigenvalue weighted by Gasteiger charge is -2.12. The van der Waals surface area contributed by atoms with Gasteiger partial charge in [0, 0.05) is 17.8 Å². The molecule has 1 aromatic rings. The Bertz CT molecular complexity index is 367. The van der Waals surface area contributed by atoms with Crippen molar-refractivity contribution in [1.82, 2.24) is 0 Å². The molecule has 0 radical (unpaired) electrons. The lowest BCUT2D eigenvalue weighted by Crippen LogP contribution is -2.05. The number of benzene rings is 1. The van der Waals surface area contributed by atoms with Crippen LogP contribution in [0.15, 0.2) is 18.2 Å². The van der Waals surface area contributed by atoms with E-state index in [4.69, 9.17) is 4.74 Å². The second kappa shape index (κ2) is 4.55. The standard InChI is InChI=1S/C11H13F2NO2/c1-15-9-5-4-8(14-7-2-3-7)6-10(9)16-11(12)13/h4-7,11,14H,2-3H2,1H3. The minimum Gasteiger partial charge on any atom is -0.493 e. The van der Waals surface area contributed by atoms with Crippen LogP contribution in [-0.4, -0.2) is 19.8 Å². The maximum absolute atomic E-state index is 12.1. The molecule has 0 aromatic heterocycles. The Hall–Kier alpha value is -1.52. The Balaban J connectivity index is 2.15. The summed E-state index contributed by atoms with van der Waals surface area (Å²) in [5.41, 5.74) is 0.777. The number of hydrogen-bond donors (Lipinski definition) is 1. The molecule has 0 heterocycles. The van der Waals surface area contributed by atoms with Crippen LogP contribution in [-0.2, 0) is 0 Å². The van der Waals surface area contributed by atoms with Crippen molar-refractivity contribution in [3.63, 3.8) is 0 Å². The van der Waals surface area contributed by atoms with Gasteiger partial charge in [0.1, 0.15) is 0 Å². The van der Waals surface area contributed by atoms with Gasteiger partial charge in [0.2, 0.25) is 0 Å². The van der Waals surface area contributed by atoms with Crippen LogP contribution < -0.4 is 14.8 Å².